The topological polar surface area (TPSA) is 75.9 Å². The maximum absolute atomic E-state index is 12.8. The zero-order chi connectivity index (χ0) is 20.3. The Labute approximate surface area is 170 Å². The van der Waals surface area contributed by atoms with Crippen LogP contribution >= 0.6 is 0 Å². The van der Waals surface area contributed by atoms with Crippen LogP contribution in [0.15, 0.2) is 70.1 Å². The maximum atomic E-state index is 12.8. The first-order valence-electron chi connectivity index (χ1n) is 9.43. The van der Waals surface area contributed by atoms with E-state index in [2.05, 4.69) is 9.88 Å². The van der Waals surface area contributed by atoms with E-state index in [0.29, 0.717) is 44.4 Å². The second-order valence-electron chi connectivity index (χ2n) is 6.84. The molecule has 4 rings (SSSR count). The summed E-state index contributed by atoms with van der Waals surface area (Å²) in [4.78, 5) is 6.80. The maximum Gasteiger partial charge on any atom is 0.243 e. The lowest BCUT2D eigenvalue weighted by molar-refractivity contribution is 0.168. The van der Waals surface area contributed by atoms with Crippen LogP contribution in [0.1, 0.15) is 5.89 Å². The zero-order valence-electron chi connectivity index (χ0n) is 16.2. The highest BCUT2D eigenvalue weighted by Crippen LogP contribution is 2.23. The van der Waals surface area contributed by atoms with Crippen molar-refractivity contribution in [3.63, 3.8) is 0 Å². The van der Waals surface area contributed by atoms with Crippen molar-refractivity contribution >= 4 is 10.0 Å². The monoisotopic (exact) mass is 413 g/mol. The Bertz CT molecular complexity index is 1040. The summed E-state index contributed by atoms with van der Waals surface area (Å²) in [6.07, 6.45) is 1.73. The lowest BCUT2D eigenvalue weighted by Gasteiger charge is -2.33. The molecular formula is C21H23N3O4S. The summed E-state index contributed by atoms with van der Waals surface area (Å²) in [5, 5.41) is 0. The number of piperazine rings is 1. The standard InChI is InChI=1S/C21H23N3O4S/c1-27-18-7-9-19(10-8-18)29(25,26)24-13-11-23(12-14-24)16-21-22-15-20(28-21)17-5-3-2-4-6-17/h2-10,15H,11-14,16H2,1H3. The summed E-state index contributed by atoms with van der Waals surface area (Å²) in [6, 6.07) is 16.3. The molecule has 0 unspecified atom stereocenters. The molecule has 1 saturated heterocycles. The van der Waals surface area contributed by atoms with Gasteiger partial charge in [0.05, 0.1) is 24.7 Å². The molecular weight excluding hydrogens is 390 g/mol. The Balaban J connectivity index is 1.36. The molecule has 0 atom stereocenters. The van der Waals surface area contributed by atoms with Crippen molar-refractivity contribution in [3.8, 4) is 17.1 Å². The molecule has 1 aromatic heterocycles. The third kappa shape index (κ3) is 4.34. The highest BCUT2D eigenvalue weighted by atomic mass is 32.2. The van der Waals surface area contributed by atoms with Gasteiger partial charge in [0.25, 0.3) is 0 Å². The predicted molar refractivity (Wildman–Crippen MR) is 109 cm³/mol. The average molecular weight is 413 g/mol. The Morgan fingerprint density at radius 1 is 1.00 bits per heavy atom. The molecule has 152 valence electrons. The third-order valence-corrected chi connectivity index (χ3v) is 6.91. The number of hydrogen-bond donors (Lipinski definition) is 0. The van der Waals surface area contributed by atoms with Crippen molar-refractivity contribution in [1.29, 1.82) is 0 Å². The number of aromatic nitrogens is 1. The lowest BCUT2D eigenvalue weighted by atomic mass is 10.2. The number of hydrogen-bond acceptors (Lipinski definition) is 6. The molecule has 0 radical (unpaired) electrons. The van der Waals surface area contributed by atoms with Gasteiger partial charge >= 0.3 is 0 Å². The van der Waals surface area contributed by atoms with Crippen molar-refractivity contribution in [3.05, 3.63) is 66.7 Å². The molecule has 2 aromatic carbocycles. The van der Waals surface area contributed by atoms with Gasteiger partial charge in [0.2, 0.25) is 15.9 Å². The lowest BCUT2D eigenvalue weighted by Crippen LogP contribution is -2.48. The first-order chi connectivity index (χ1) is 14.1. The number of sulfonamides is 1. The van der Waals surface area contributed by atoms with E-state index < -0.39 is 10.0 Å². The van der Waals surface area contributed by atoms with Gasteiger partial charge in [-0.3, -0.25) is 4.90 Å². The normalized spacial score (nSPS) is 16.0. The van der Waals surface area contributed by atoms with Crippen molar-refractivity contribution in [2.24, 2.45) is 0 Å². The van der Waals surface area contributed by atoms with E-state index in [1.165, 1.54) is 4.31 Å². The second kappa shape index (κ2) is 8.36. The van der Waals surface area contributed by atoms with Gasteiger partial charge in [0, 0.05) is 31.7 Å². The summed E-state index contributed by atoms with van der Waals surface area (Å²) >= 11 is 0. The van der Waals surface area contributed by atoms with Gasteiger partial charge < -0.3 is 9.15 Å². The third-order valence-electron chi connectivity index (χ3n) is 5.00. The number of nitrogens with zero attached hydrogens (tertiary/aromatic N) is 3. The van der Waals surface area contributed by atoms with Crippen LogP contribution in [0.2, 0.25) is 0 Å². The van der Waals surface area contributed by atoms with Crippen LogP contribution in [0, 0.1) is 0 Å². The van der Waals surface area contributed by atoms with Gasteiger partial charge in [0.15, 0.2) is 5.76 Å². The minimum Gasteiger partial charge on any atom is -0.497 e. The van der Waals surface area contributed by atoms with Gasteiger partial charge in [-0.1, -0.05) is 30.3 Å². The highest BCUT2D eigenvalue weighted by molar-refractivity contribution is 7.89. The summed E-state index contributed by atoms with van der Waals surface area (Å²) in [7, 11) is -1.95. The number of rotatable bonds is 6. The summed E-state index contributed by atoms with van der Waals surface area (Å²) in [5.74, 6) is 2.01. The van der Waals surface area contributed by atoms with Gasteiger partial charge in [-0.05, 0) is 24.3 Å². The SMILES string of the molecule is COc1ccc(S(=O)(=O)N2CCN(Cc3ncc(-c4ccccc4)o3)CC2)cc1. The molecule has 1 aliphatic rings. The molecule has 1 fully saturated rings. The van der Waals surface area contributed by atoms with Crippen molar-refractivity contribution in [2.75, 3.05) is 33.3 Å². The van der Waals surface area contributed by atoms with Crippen LogP contribution < -0.4 is 4.74 Å². The van der Waals surface area contributed by atoms with Gasteiger partial charge in [0.1, 0.15) is 5.75 Å². The average Bonchev–Trinajstić information content (AvgIpc) is 3.23. The number of benzene rings is 2. The molecule has 0 amide bonds. The summed E-state index contributed by atoms with van der Waals surface area (Å²) in [6.45, 7) is 2.67. The molecule has 1 aliphatic heterocycles. The van der Waals surface area contributed by atoms with Crippen LogP contribution in [0.5, 0.6) is 5.75 Å². The number of methoxy groups -OCH3 is 1. The molecule has 0 N–H and O–H groups in total. The Morgan fingerprint density at radius 2 is 1.69 bits per heavy atom. The van der Waals surface area contributed by atoms with Crippen LogP contribution in [0.3, 0.4) is 0 Å². The van der Waals surface area contributed by atoms with E-state index in [1.54, 1.807) is 37.6 Å². The van der Waals surface area contributed by atoms with Crippen LogP contribution in [0.4, 0.5) is 0 Å². The molecule has 0 aliphatic carbocycles. The molecule has 0 spiro atoms. The first kappa shape index (κ1) is 19.6. The molecule has 7 nitrogen and oxygen atoms in total. The smallest absolute Gasteiger partial charge is 0.243 e. The fourth-order valence-corrected chi connectivity index (χ4v) is 4.76. The summed E-state index contributed by atoms with van der Waals surface area (Å²) in [5.41, 5.74) is 0.988. The zero-order valence-corrected chi connectivity index (χ0v) is 17.0. The minimum absolute atomic E-state index is 0.284. The second-order valence-corrected chi connectivity index (χ2v) is 8.78. The Kier molecular flexibility index (Phi) is 5.66. The fraction of sp³-hybridized carbons (Fsp3) is 0.286. The van der Waals surface area contributed by atoms with Crippen molar-refractivity contribution < 1.29 is 17.6 Å². The molecule has 0 bridgehead atoms. The molecule has 0 saturated carbocycles. The number of ether oxygens (including phenoxy) is 1. The van der Waals surface area contributed by atoms with E-state index in [-0.39, 0.29) is 4.90 Å². The van der Waals surface area contributed by atoms with Crippen LogP contribution in [-0.2, 0) is 16.6 Å². The minimum atomic E-state index is -3.50. The van der Waals surface area contributed by atoms with E-state index >= 15 is 0 Å². The van der Waals surface area contributed by atoms with Gasteiger partial charge in [-0.2, -0.15) is 4.31 Å². The predicted octanol–water partition coefficient (Wildman–Crippen LogP) is 2.86. The van der Waals surface area contributed by atoms with Gasteiger partial charge in [-0.15, -0.1) is 0 Å². The molecule has 29 heavy (non-hydrogen) atoms. The number of oxazole rings is 1. The largest absolute Gasteiger partial charge is 0.497 e. The molecule has 3 aromatic rings. The van der Waals surface area contributed by atoms with Gasteiger partial charge in [-0.25, -0.2) is 13.4 Å². The van der Waals surface area contributed by atoms with E-state index in [0.717, 1.165) is 11.3 Å². The van der Waals surface area contributed by atoms with E-state index in [9.17, 15) is 8.42 Å². The van der Waals surface area contributed by atoms with Crippen LogP contribution in [-0.4, -0.2) is 55.9 Å². The van der Waals surface area contributed by atoms with Crippen molar-refractivity contribution in [2.45, 2.75) is 11.4 Å². The van der Waals surface area contributed by atoms with E-state index in [4.69, 9.17) is 9.15 Å². The van der Waals surface area contributed by atoms with E-state index in [1.807, 2.05) is 30.3 Å². The first-order valence-corrected chi connectivity index (χ1v) is 10.9. The summed E-state index contributed by atoms with van der Waals surface area (Å²) < 4.78 is 38.2. The fourth-order valence-electron chi connectivity index (χ4n) is 3.34. The van der Waals surface area contributed by atoms with Crippen molar-refractivity contribution in [1.82, 2.24) is 14.2 Å². The quantitative estimate of drug-likeness (QED) is 0.619. The van der Waals surface area contributed by atoms with Crippen LogP contribution in [0.25, 0.3) is 11.3 Å². The Morgan fingerprint density at radius 3 is 2.34 bits per heavy atom. The molecule has 8 heteroatoms. The highest BCUT2D eigenvalue weighted by Gasteiger charge is 2.29. The Hall–Kier alpha value is -2.68. The molecule has 2 heterocycles.